The standard InChI is InChI=1S/C25H33NO3/c1-18(2)14-25(27,15-19(3)4)24-13-12-23(29-24)17-26(21-8-9-21)16-20-6-10-22(28-5)11-7-20/h6-7,10-15,21,27H,8-9,16-17H2,1-5H3. The van der Waals surface area contributed by atoms with Crippen molar-refractivity contribution in [3.05, 3.63) is 76.8 Å². The Hall–Kier alpha value is -2.30. The molecule has 0 amide bonds. The number of ether oxygens (including phenoxy) is 1. The molecule has 1 aromatic carbocycles. The van der Waals surface area contributed by atoms with Gasteiger partial charge in [0.05, 0.1) is 13.7 Å². The van der Waals surface area contributed by atoms with E-state index in [1.807, 2.05) is 64.1 Å². The normalized spacial score (nSPS) is 14.0. The number of nitrogens with zero attached hydrogens (tertiary/aromatic N) is 1. The van der Waals surface area contributed by atoms with E-state index < -0.39 is 5.60 Å². The van der Waals surface area contributed by atoms with Crippen molar-refractivity contribution >= 4 is 0 Å². The van der Waals surface area contributed by atoms with E-state index in [-0.39, 0.29) is 0 Å². The van der Waals surface area contributed by atoms with E-state index in [0.717, 1.165) is 35.7 Å². The molecule has 156 valence electrons. The lowest BCUT2D eigenvalue weighted by Crippen LogP contribution is -2.25. The van der Waals surface area contributed by atoms with Gasteiger partial charge in [0.25, 0.3) is 0 Å². The van der Waals surface area contributed by atoms with Gasteiger partial charge >= 0.3 is 0 Å². The number of methoxy groups -OCH3 is 1. The second-order valence-corrected chi connectivity index (χ2v) is 8.52. The molecule has 2 aromatic rings. The number of hydrogen-bond donors (Lipinski definition) is 1. The van der Waals surface area contributed by atoms with Crippen molar-refractivity contribution < 1.29 is 14.3 Å². The van der Waals surface area contributed by atoms with E-state index >= 15 is 0 Å². The molecule has 1 saturated carbocycles. The second-order valence-electron chi connectivity index (χ2n) is 8.52. The van der Waals surface area contributed by atoms with E-state index in [0.29, 0.717) is 11.8 Å². The maximum atomic E-state index is 11.2. The lowest BCUT2D eigenvalue weighted by Gasteiger charge is -2.22. The highest BCUT2D eigenvalue weighted by atomic mass is 16.5. The fourth-order valence-electron chi connectivity index (χ4n) is 3.66. The van der Waals surface area contributed by atoms with Gasteiger partial charge in [-0.25, -0.2) is 0 Å². The van der Waals surface area contributed by atoms with Crippen LogP contribution in [0.15, 0.2) is 64.1 Å². The maximum Gasteiger partial charge on any atom is 0.159 e. The predicted octanol–water partition coefficient (Wildman–Crippen LogP) is 5.57. The van der Waals surface area contributed by atoms with Crippen molar-refractivity contribution in [3.8, 4) is 5.75 Å². The zero-order chi connectivity index (χ0) is 21.0. The minimum atomic E-state index is -1.21. The number of furan rings is 1. The van der Waals surface area contributed by atoms with Crippen molar-refractivity contribution in [3.63, 3.8) is 0 Å². The summed E-state index contributed by atoms with van der Waals surface area (Å²) in [5.41, 5.74) is 2.13. The van der Waals surface area contributed by atoms with Crippen molar-refractivity contribution in [1.29, 1.82) is 0 Å². The summed E-state index contributed by atoms with van der Waals surface area (Å²) in [6, 6.07) is 12.7. The van der Waals surface area contributed by atoms with Crippen LogP contribution in [0.1, 0.15) is 57.6 Å². The number of rotatable bonds is 9. The van der Waals surface area contributed by atoms with Gasteiger partial charge in [0.15, 0.2) is 5.60 Å². The molecule has 4 heteroatoms. The Morgan fingerprint density at radius 1 is 1.03 bits per heavy atom. The van der Waals surface area contributed by atoms with Gasteiger partial charge in [-0.2, -0.15) is 0 Å². The molecular weight excluding hydrogens is 362 g/mol. The zero-order valence-corrected chi connectivity index (χ0v) is 18.2. The lowest BCUT2D eigenvalue weighted by molar-refractivity contribution is 0.109. The maximum absolute atomic E-state index is 11.2. The molecule has 1 N–H and O–H groups in total. The molecule has 4 nitrogen and oxygen atoms in total. The molecule has 0 radical (unpaired) electrons. The van der Waals surface area contributed by atoms with Crippen LogP contribution in [0.3, 0.4) is 0 Å². The summed E-state index contributed by atoms with van der Waals surface area (Å²) < 4.78 is 11.4. The first-order valence-electron chi connectivity index (χ1n) is 10.3. The topological polar surface area (TPSA) is 45.8 Å². The number of benzene rings is 1. The van der Waals surface area contributed by atoms with Crippen LogP contribution in [-0.2, 0) is 18.7 Å². The Kier molecular flexibility index (Phi) is 6.66. The zero-order valence-electron chi connectivity index (χ0n) is 18.2. The summed E-state index contributed by atoms with van der Waals surface area (Å²) >= 11 is 0. The summed E-state index contributed by atoms with van der Waals surface area (Å²) in [5.74, 6) is 2.32. The van der Waals surface area contributed by atoms with Crippen LogP contribution >= 0.6 is 0 Å². The van der Waals surface area contributed by atoms with E-state index in [1.54, 1.807) is 7.11 Å². The molecule has 0 atom stereocenters. The Bertz CT molecular complexity index is 846. The van der Waals surface area contributed by atoms with Gasteiger partial charge in [-0.15, -0.1) is 0 Å². The third-order valence-corrected chi connectivity index (χ3v) is 5.04. The Labute approximate surface area is 174 Å². The number of aliphatic hydroxyl groups is 1. The molecule has 0 spiro atoms. The average molecular weight is 396 g/mol. The molecule has 0 bridgehead atoms. The van der Waals surface area contributed by atoms with E-state index in [2.05, 4.69) is 17.0 Å². The van der Waals surface area contributed by atoms with Gasteiger partial charge in [0, 0.05) is 12.6 Å². The van der Waals surface area contributed by atoms with Crippen molar-refractivity contribution in [2.45, 2.75) is 65.3 Å². The predicted molar refractivity (Wildman–Crippen MR) is 117 cm³/mol. The third-order valence-electron chi connectivity index (χ3n) is 5.04. The van der Waals surface area contributed by atoms with Gasteiger partial charge in [0.1, 0.15) is 17.3 Å². The molecule has 1 fully saturated rings. The molecule has 0 aliphatic heterocycles. The lowest BCUT2D eigenvalue weighted by atomic mass is 9.95. The second kappa shape index (κ2) is 9.02. The fourth-order valence-corrected chi connectivity index (χ4v) is 3.66. The largest absolute Gasteiger partial charge is 0.497 e. The molecular formula is C25H33NO3. The molecule has 1 aliphatic rings. The van der Waals surface area contributed by atoms with Crippen molar-refractivity contribution in [2.75, 3.05) is 7.11 Å². The van der Waals surface area contributed by atoms with Crippen LogP contribution in [0.2, 0.25) is 0 Å². The summed E-state index contributed by atoms with van der Waals surface area (Å²) in [5, 5.41) is 11.2. The van der Waals surface area contributed by atoms with Crippen LogP contribution in [-0.4, -0.2) is 23.2 Å². The minimum Gasteiger partial charge on any atom is -0.497 e. The van der Waals surface area contributed by atoms with E-state index in [9.17, 15) is 5.11 Å². The Morgan fingerprint density at radius 2 is 1.66 bits per heavy atom. The van der Waals surface area contributed by atoms with Gasteiger partial charge in [-0.1, -0.05) is 23.3 Å². The summed E-state index contributed by atoms with van der Waals surface area (Å²) in [6.45, 7) is 9.54. The summed E-state index contributed by atoms with van der Waals surface area (Å²) in [6.07, 6.45) is 6.14. The van der Waals surface area contributed by atoms with Crippen molar-refractivity contribution in [2.24, 2.45) is 0 Å². The van der Waals surface area contributed by atoms with Gasteiger partial charge in [-0.3, -0.25) is 4.90 Å². The number of hydrogen-bond acceptors (Lipinski definition) is 4. The molecule has 1 aliphatic carbocycles. The highest BCUT2D eigenvalue weighted by Gasteiger charge is 2.31. The first-order valence-corrected chi connectivity index (χ1v) is 10.3. The Balaban J connectivity index is 1.77. The third kappa shape index (κ3) is 5.84. The molecule has 1 aromatic heterocycles. The first-order chi connectivity index (χ1) is 13.8. The van der Waals surface area contributed by atoms with Crippen LogP contribution in [0.4, 0.5) is 0 Å². The van der Waals surface area contributed by atoms with Gasteiger partial charge in [0.2, 0.25) is 0 Å². The summed E-state index contributed by atoms with van der Waals surface area (Å²) in [7, 11) is 1.69. The monoisotopic (exact) mass is 395 g/mol. The first kappa shape index (κ1) is 21.4. The van der Waals surface area contributed by atoms with Crippen LogP contribution in [0.25, 0.3) is 0 Å². The SMILES string of the molecule is COc1ccc(CN(Cc2ccc(C(O)(C=C(C)C)C=C(C)C)o2)C2CC2)cc1. The highest BCUT2D eigenvalue weighted by molar-refractivity contribution is 5.30. The van der Waals surface area contributed by atoms with Gasteiger partial charge < -0.3 is 14.3 Å². The van der Waals surface area contributed by atoms with E-state index in [4.69, 9.17) is 9.15 Å². The average Bonchev–Trinajstić information content (AvgIpc) is 3.39. The summed E-state index contributed by atoms with van der Waals surface area (Å²) in [4.78, 5) is 2.45. The molecule has 29 heavy (non-hydrogen) atoms. The van der Waals surface area contributed by atoms with Crippen molar-refractivity contribution in [1.82, 2.24) is 4.90 Å². The smallest absolute Gasteiger partial charge is 0.159 e. The van der Waals surface area contributed by atoms with Gasteiger partial charge in [-0.05, 0) is 82.5 Å². The molecule has 0 saturated heterocycles. The van der Waals surface area contributed by atoms with Crippen LogP contribution in [0.5, 0.6) is 5.75 Å². The molecule has 0 unspecified atom stereocenters. The van der Waals surface area contributed by atoms with Crippen LogP contribution < -0.4 is 4.74 Å². The molecule has 3 rings (SSSR count). The quantitative estimate of drug-likeness (QED) is 0.564. The number of allylic oxidation sites excluding steroid dienone is 2. The minimum absolute atomic E-state index is 0.565. The van der Waals surface area contributed by atoms with Crippen LogP contribution in [0, 0.1) is 0 Å². The Morgan fingerprint density at radius 3 is 2.17 bits per heavy atom. The molecule has 1 heterocycles. The highest BCUT2D eigenvalue weighted by Crippen LogP contribution is 2.33. The van der Waals surface area contributed by atoms with E-state index in [1.165, 1.54) is 18.4 Å². The fraction of sp³-hybridized carbons (Fsp3) is 0.440.